The summed E-state index contributed by atoms with van der Waals surface area (Å²) >= 11 is 0. The first-order valence-electron chi connectivity index (χ1n) is 5.26. The molecule has 0 saturated heterocycles. The first kappa shape index (κ1) is 11.2. The Morgan fingerprint density at radius 2 is 2.00 bits per heavy atom. The molecule has 0 aliphatic rings. The van der Waals surface area contributed by atoms with Crippen molar-refractivity contribution in [3.63, 3.8) is 0 Å². The van der Waals surface area contributed by atoms with Gasteiger partial charge in [-0.2, -0.15) is 0 Å². The van der Waals surface area contributed by atoms with Crippen LogP contribution in [0.4, 0.5) is 0 Å². The van der Waals surface area contributed by atoms with E-state index in [1.54, 1.807) is 0 Å². The fourth-order valence-corrected chi connectivity index (χ4v) is 1.43. The van der Waals surface area contributed by atoms with Gasteiger partial charge in [0.05, 0.1) is 5.69 Å². The molecule has 3 nitrogen and oxygen atoms in total. The third-order valence-electron chi connectivity index (χ3n) is 1.85. The zero-order valence-electron chi connectivity index (χ0n) is 9.91. The topological polar surface area (TPSA) is 30.7 Å². The van der Waals surface area contributed by atoms with Crippen molar-refractivity contribution >= 4 is 0 Å². The average Bonchev–Trinajstić information content (AvgIpc) is 2.30. The van der Waals surface area contributed by atoms with Crippen molar-refractivity contribution < 1.29 is 0 Å². The molecule has 0 aliphatic heterocycles. The van der Waals surface area contributed by atoms with E-state index in [9.17, 15) is 0 Å². The van der Waals surface area contributed by atoms with Crippen LogP contribution in [0, 0.1) is 11.3 Å². The Bertz CT molecular complexity index is 281. The van der Waals surface area contributed by atoms with Crippen LogP contribution in [0.5, 0.6) is 0 Å². The molecule has 1 aromatic heterocycles. The van der Waals surface area contributed by atoms with Gasteiger partial charge in [0.25, 0.3) is 0 Å². The van der Waals surface area contributed by atoms with Crippen LogP contribution in [-0.4, -0.2) is 15.0 Å². The summed E-state index contributed by atoms with van der Waals surface area (Å²) in [6.07, 6.45) is 3.05. The number of rotatable bonds is 3. The molecule has 0 aliphatic carbocycles. The van der Waals surface area contributed by atoms with E-state index in [4.69, 9.17) is 0 Å². The Kier molecular flexibility index (Phi) is 3.29. The third-order valence-corrected chi connectivity index (χ3v) is 1.85. The SMILES string of the molecule is CC(C)Cn1cc(CC(C)(C)C)nn1. The van der Waals surface area contributed by atoms with Crippen molar-refractivity contribution in [3.05, 3.63) is 11.9 Å². The van der Waals surface area contributed by atoms with Gasteiger partial charge in [-0.3, -0.25) is 4.68 Å². The molecule has 0 atom stereocenters. The lowest BCUT2D eigenvalue weighted by molar-refractivity contribution is 0.406. The molecule has 0 saturated carbocycles. The summed E-state index contributed by atoms with van der Waals surface area (Å²) in [7, 11) is 0. The van der Waals surface area contributed by atoms with Gasteiger partial charge in [0.2, 0.25) is 0 Å². The van der Waals surface area contributed by atoms with Crippen LogP contribution in [0.3, 0.4) is 0 Å². The molecule has 0 amide bonds. The summed E-state index contributed by atoms with van der Waals surface area (Å²) in [4.78, 5) is 0. The molecule has 0 unspecified atom stereocenters. The number of hydrogen-bond donors (Lipinski definition) is 0. The fourth-order valence-electron chi connectivity index (χ4n) is 1.43. The van der Waals surface area contributed by atoms with Gasteiger partial charge < -0.3 is 0 Å². The summed E-state index contributed by atoms with van der Waals surface area (Å²) in [6.45, 7) is 12.0. The van der Waals surface area contributed by atoms with Crippen molar-refractivity contribution in [1.29, 1.82) is 0 Å². The molecule has 0 N–H and O–H groups in total. The molecular formula is C11H21N3. The highest BCUT2D eigenvalue weighted by molar-refractivity contribution is 4.95. The Hall–Kier alpha value is -0.860. The highest BCUT2D eigenvalue weighted by atomic mass is 15.4. The predicted molar refractivity (Wildman–Crippen MR) is 58.0 cm³/mol. The average molecular weight is 195 g/mol. The van der Waals surface area contributed by atoms with Gasteiger partial charge in [-0.1, -0.05) is 39.8 Å². The summed E-state index contributed by atoms with van der Waals surface area (Å²) in [5.74, 6) is 0.624. The maximum Gasteiger partial charge on any atom is 0.0832 e. The molecule has 0 fully saturated rings. The second-order valence-electron chi connectivity index (χ2n) is 5.56. The van der Waals surface area contributed by atoms with Gasteiger partial charge >= 0.3 is 0 Å². The van der Waals surface area contributed by atoms with Crippen molar-refractivity contribution in [2.45, 2.75) is 47.6 Å². The van der Waals surface area contributed by atoms with Crippen LogP contribution in [0.1, 0.15) is 40.3 Å². The van der Waals surface area contributed by atoms with Gasteiger partial charge in [0.15, 0.2) is 0 Å². The van der Waals surface area contributed by atoms with E-state index in [-0.39, 0.29) is 0 Å². The third kappa shape index (κ3) is 3.90. The molecule has 0 aromatic carbocycles. The molecule has 14 heavy (non-hydrogen) atoms. The van der Waals surface area contributed by atoms with Crippen LogP contribution >= 0.6 is 0 Å². The Morgan fingerprint density at radius 3 is 2.50 bits per heavy atom. The van der Waals surface area contributed by atoms with Crippen LogP contribution in [-0.2, 0) is 13.0 Å². The van der Waals surface area contributed by atoms with Crippen LogP contribution in [0.2, 0.25) is 0 Å². The molecule has 0 radical (unpaired) electrons. The smallest absolute Gasteiger partial charge is 0.0832 e. The Morgan fingerprint density at radius 1 is 1.36 bits per heavy atom. The van der Waals surface area contributed by atoms with Gasteiger partial charge in [-0.15, -0.1) is 5.10 Å². The molecule has 1 rings (SSSR count). The molecule has 80 valence electrons. The summed E-state index contributed by atoms with van der Waals surface area (Å²) < 4.78 is 1.94. The first-order valence-corrected chi connectivity index (χ1v) is 5.26. The van der Waals surface area contributed by atoms with Crippen LogP contribution < -0.4 is 0 Å². The number of nitrogens with zero attached hydrogens (tertiary/aromatic N) is 3. The largest absolute Gasteiger partial charge is 0.252 e. The van der Waals surface area contributed by atoms with Gasteiger partial charge in [-0.25, -0.2) is 0 Å². The molecular weight excluding hydrogens is 174 g/mol. The van der Waals surface area contributed by atoms with Crippen molar-refractivity contribution in [3.8, 4) is 0 Å². The molecule has 0 spiro atoms. The molecule has 1 heterocycles. The van der Waals surface area contributed by atoms with Crippen LogP contribution in [0.25, 0.3) is 0 Å². The molecule has 3 heteroatoms. The minimum absolute atomic E-state index is 0.290. The van der Waals surface area contributed by atoms with E-state index >= 15 is 0 Å². The van der Waals surface area contributed by atoms with Crippen molar-refractivity contribution in [1.82, 2.24) is 15.0 Å². The monoisotopic (exact) mass is 195 g/mol. The summed E-state index contributed by atoms with van der Waals surface area (Å²) in [5.41, 5.74) is 1.39. The minimum atomic E-state index is 0.290. The Labute approximate surface area is 86.5 Å². The standard InChI is InChI=1S/C11H21N3/c1-9(2)7-14-8-10(12-13-14)6-11(3,4)5/h8-9H,6-7H2,1-5H3. The van der Waals surface area contributed by atoms with Gasteiger partial charge in [0, 0.05) is 12.7 Å². The van der Waals surface area contributed by atoms with E-state index < -0.39 is 0 Å². The van der Waals surface area contributed by atoms with Crippen molar-refractivity contribution in [2.24, 2.45) is 11.3 Å². The second-order valence-corrected chi connectivity index (χ2v) is 5.56. The van der Waals surface area contributed by atoms with E-state index in [2.05, 4.69) is 51.1 Å². The van der Waals surface area contributed by atoms with E-state index in [1.165, 1.54) is 0 Å². The lowest BCUT2D eigenvalue weighted by Gasteiger charge is -2.15. The normalized spacial score (nSPS) is 12.4. The highest BCUT2D eigenvalue weighted by Crippen LogP contribution is 2.18. The quantitative estimate of drug-likeness (QED) is 0.742. The van der Waals surface area contributed by atoms with Gasteiger partial charge in [0.1, 0.15) is 0 Å². The summed E-state index contributed by atoms with van der Waals surface area (Å²) in [6, 6.07) is 0. The first-order chi connectivity index (χ1) is 6.37. The van der Waals surface area contributed by atoms with Gasteiger partial charge in [-0.05, 0) is 17.8 Å². The lowest BCUT2D eigenvalue weighted by atomic mass is 9.91. The second kappa shape index (κ2) is 4.11. The molecule has 0 bridgehead atoms. The number of hydrogen-bond acceptors (Lipinski definition) is 2. The summed E-state index contributed by atoms with van der Waals surface area (Å²) in [5, 5.41) is 8.27. The minimum Gasteiger partial charge on any atom is -0.252 e. The fraction of sp³-hybridized carbons (Fsp3) is 0.818. The van der Waals surface area contributed by atoms with E-state index in [1.807, 2.05) is 4.68 Å². The van der Waals surface area contributed by atoms with E-state index in [0.29, 0.717) is 11.3 Å². The van der Waals surface area contributed by atoms with E-state index in [0.717, 1.165) is 18.7 Å². The van der Waals surface area contributed by atoms with Crippen LogP contribution in [0.15, 0.2) is 6.20 Å². The zero-order valence-corrected chi connectivity index (χ0v) is 9.91. The maximum atomic E-state index is 4.17. The number of aromatic nitrogens is 3. The molecule has 1 aromatic rings. The highest BCUT2D eigenvalue weighted by Gasteiger charge is 2.13. The van der Waals surface area contributed by atoms with Crippen molar-refractivity contribution in [2.75, 3.05) is 0 Å². The predicted octanol–water partition coefficient (Wildman–Crippen LogP) is 2.52. The Balaban J connectivity index is 2.60. The maximum absolute atomic E-state index is 4.17. The lowest BCUT2D eigenvalue weighted by Crippen LogP contribution is -2.09. The zero-order chi connectivity index (χ0) is 10.8.